The summed E-state index contributed by atoms with van der Waals surface area (Å²) in [5, 5.41) is -0.801. The summed E-state index contributed by atoms with van der Waals surface area (Å²) in [5.74, 6) is 0. The van der Waals surface area contributed by atoms with Crippen molar-refractivity contribution >= 4 is 24.7 Å². The quantitative estimate of drug-likeness (QED) is 0.303. The molecule has 152 valence electrons. The standard InChI is InChI=1S/C22H40O2Si3/c1-13-21(9,24-27(18-6,19-7)20-8)25(11,12)23-22(10,14-2)26(15-3,16-4)17-5/h15-20H,3-8,13-14H2,1-2,9-12H3. The molecule has 0 amide bonds. The average molecular weight is 421 g/mol. The molecule has 0 aromatic carbocycles. The van der Waals surface area contributed by atoms with Crippen LogP contribution in [0.5, 0.6) is 0 Å². The Kier molecular flexibility index (Phi) is 9.13. The molecule has 0 fully saturated rings. The van der Waals surface area contributed by atoms with E-state index >= 15 is 0 Å². The van der Waals surface area contributed by atoms with Crippen molar-refractivity contribution in [2.24, 2.45) is 0 Å². The molecule has 0 spiro atoms. The van der Waals surface area contributed by atoms with Crippen LogP contribution in [-0.2, 0) is 8.85 Å². The van der Waals surface area contributed by atoms with Gasteiger partial charge in [-0.15, -0.1) is 39.5 Å². The van der Waals surface area contributed by atoms with E-state index in [1.165, 1.54) is 0 Å². The van der Waals surface area contributed by atoms with Crippen molar-refractivity contribution in [3.63, 3.8) is 0 Å². The second-order valence-corrected chi connectivity index (χ2v) is 19.5. The average Bonchev–Trinajstić information content (AvgIpc) is 2.67. The fourth-order valence-electron chi connectivity index (χ4n) is 3.42. The Bertz CT molecular complexity index is 553. The van der Waals surface area contributed by atoms with Crippen molar-refractivity contribution in [1.29, 1.82) is 0 Å². The maximum Gasteiger partial charge on any atom is 0.265 e. The molecule has 5 heteroatoms. The molecule has 0 aliphatic carbocycles. The molecule has 0 radical (unpaired) electrons. The van der Waals surface area contributed by atoms with E-state index in [4.69, 9.17) is 8.85 Å². The summed E-state index contributed by atoms with van der Waals surface area (Å²) >= 11 is 0. The molecule has 2 atom stereocenters. The Morgan fingerprint density at radius 2 is 1.04 bits per heavy atom. The van der Waals surface area contributed by atoms with Crippen LogP contribution < -0.4 is 0 Å². The highest BCUT2D eigenvalue weighted by Crippen LogP contribution is 2.40. The maximum atomic E-state index is 7.03. The summed E-state index contributed by atoms with van der Waals surface area (Å²) in [7, 11) is -7.07. The van der Waals surface area contributed by atoms with Gasteiger partial charge in [-0.2, -0.15) is 0 Å². The molecule has 0 aliphatic heterocycles. The summed E-state index contributed by atoms with van der Waals surface area (Å²) in [6.07, 6.45) is 1.69. The van der Waals surface area contributed by atoms with Gasteiger partial charge < -0.3 is 8.85 Å². The summed E-state index contributed by atoms with van der Waals surface area (Å²) in [6.45, 7) is 37.3. The first kappa shape index (κ1) is 26.0. The second-order valence-electron chi connectivity index (χ2n) is 7.89. The Morgan fingerprint density at radius 1 is 0.667 bits per heavy atom. The lowest BCUT2D eigenvalue weighted by Gasteiger charge is -2.52. The lowest BCUT2D eigenvalue weighted by atomic mass is 10.3. The van der Waals surface area contributed by atoms with Gasteiger partial charge in [0.05, 0.1) is 10.4 Å². The van der Waals surface area contributed by atoms with Crippen molar-refractivity contribution in [1.82, 2.24) is 0 Å². The number of rotatable bonds is 14. The minimum atomic E-state index is -2.44. The minimum absolute atomic E-state index is 0.380. The van der Waals surface area contributed by atoms with Crippen molar-refractivity contribution in [2.75, 3.05) is 0 Å². The number of hydrogen-bond acceptors (Lipinski definition) is 2. The number of hydrogen-bond donors (Lipinski definition) is 0. The van der Waals surface area contributed by atoms with Gasteiger partial charge in [0.15, 0.2) is 8.07 Å². The summed E-state index contributed by atoms with van der Waals surface area (Å²) < 4.78 is 13.8. The van der Waals surface area contributed by atoms with Crippen LogP contribution in [0.3, 0.4) is 0 Å². The monoisotopic (exact) mass is 420 g/mol. The van der Waals surface area contributed by atoms with E-state index in [1.807, 2.05) is 34.2 Å². The highest BCUT2D eigenvalue weighted by atomic mass is 28.4. The van der Waals surface area contributed by atoms with Gasteiger partial charge in [-0.05, 0) is 39.8 Å². The van der Waals surface area contributed by atoms with Crippen LogP contribution >= 0.6 is 0 Å². The van der Waals surface area contributed by atoms with Crippen LogP contribution in [0.4, 0.5) is 0 Å². The van der Waals surface area contributed by atoms with Gasteiger partial charge in [-0.1, -0.05) is 48.0 Å². The molecule has 2 unspecified atom stereocenters. The van der Waals surface area contributed by atoms with Crippen LogP contribution in [0.1, 0.15) is 40.5 Å². The summed E-state index contributed by atoms with van der Waals surface area (Å²) in [6, 6.07) is 0. The molecule has 0 saturated carbocycles. The normalized spacial score (nSPS) is 17.1. The van der Waals surface area contributed by atoms with Gasteiger partial charge in [-0.3, -0.25) is 0 Å². The predicted molar refractivity (Wildman–Crippen MR) is 130 cm³/mol. The highest BCUT2D eigenvalue weighted by Gasteiger charge is 2.54. The van der Waals surface area contributed by atoms with Crippen LogP contribution in [-0.4, -0.2) is 35.2 Å². The molecule has 0 aromatic heterocycles. The molecule has 0 rings (SSSR count). The van der Waals surface area contributed by atoms with Gasteiger partial charge >= 0.3 is 0 Å². The Balaban J connectivity index is 6.26. The maximum absolute atomic E-state index is 7.03. The van der Waals surface area contributed by atoms with E-state index in [9.17, 15) is 0 Å². The molecule has 0 aliphatic rings. The van der Waals surface area contributed by atoms with Crippen LogP contribution in [0.25, 0.3) is 0 Å². The SMILES string of the molecule is C=C[Si](C=C)(C=C)OC(C)(CC)[Si](C)(C)OC(C)(CC)[Si](C=C)(C=C)C=C. The third-order valence-electron chi connectivity index (χ3n) is 6.39. The van der Waals surface area contributed by atoms with Gasteiger partial charge in [-0.25, -0.2) is 0 Å². The lowest BCUT2D eigenvalue weighted by Crippen LogP contribution is -2.67. The van der Waals surface area contributed by atoms with E-state index < -0.39 is 29.9 Å². The van der Waals surface area contributed by atoms with Crippen LogP contribution in [0.2, 0.25) is 13.1 Å². The van der Waals surface area contributed by atoms with Crippen molar-refractivity contribution in [2.45, 2.75) is 64.1 Å². The topological polar surface area (TPSA) is 18.5 Å². The zero-order valence-electron chi connectivity index (χ0n) is 18.4. The van der Waals surface area contributed by atoms with Crippen molar-refractivity contribution in [3.05, 3.63) is 73.7 Å². The van der Waals surface area contributed by atoms with E-state index in [0.717, 1.165) is 12.8 Å². The van der Waals surface area contributed by atoms with E-state index in [-0.39, 0.29) is 5.22 Å². The smallest absolute Gasteiger partial charge is 0.265 e. The third-order valence-corrected chi connectivity index (χ3v) is 17.8. The van der Waals surface area contributed by atoms with Gasteiger partial charge in [0.2, 0.25) is 8.32 Å². The first-order valence-corrected chi connectivity index (χ1v) is 16.9. The summed E-state index contributed by atoms with van der Waals surface area (Å²) in [5.41, 5.74) is 11.7. The predicted octanol–water partition coefficient (Wildman–Crippen LogP) is 6.39. The van der Waals surface area contributed by atoms with Crippen molar-refractivity contribution < 1.29 is 8.85 Å². The molecule has 27 heavy (non-hydrogen) atoms. The largest absolute Gasteiger partial charge is 0.411 e. The van der Waals surface area contributed by atoms with E-state index in [0.29, 0.717) is 0 Å². The fourth-order valence-corrected chi connectivity index (χ4v) is 12.8. The zero-order valence-corrected chi connectivity index (χ0v) is 21.4. The molecule has 0 N–H and O–H groups in total. The fraction of sp³-hybridized carbons (Fsp3) is 0.455. The molecular weight excluding hydrogens is 380 g/mol. The molecular formula is C22H40O2Si3. The van der Waals surface area contributed by atoms with Gasteiger partial charge in [0, 0.05) is 0 Å². The Morgan fingerprint density at radius 3 is 1.30 bits per heavy atom. The molecule has 0 saturated heterocycles. The summed E-state index contributed by atoms with van der Waals surface area (Å²) in [4.78, 5) is 0. The molecule has 0 heterocycles. The van der Waals surface area contributed by atoms with Gasteiger partial charge in [0.25, 0.3) is 8.32 Å². The zero-order chi connectivity index (χ0) is 21.6. The van der Waals surface area contributed by atoms with Gasteiger partial charge in [0.1, 0.15) is 0 Å². The Hall–Kier alpha value is -0.989. The molecule has 0 bridgehead atoms. The van der Waals surface area contributed by atoms with E-state index in [2.05, 4.69) is 80.3 Å². The minimum Gasteiger partial charge on any atom is -0.411 e. The second kappa shape index (κ2) is 9.47. The van der Waals surface area contributed by atoms with Crippen LogP contribution in [0, 0.1) is 0 Å². The molecule has 0 aromatic rings. The Labute approximate surface area is 171 Å². The molecule has 2 nitrogen and oxygen atoms in total. The lowest BCUT2D eigenvalue weighted by molar-refractivity contribution is 0.0807. The van der Waals surface area contributed by atoms with Crippen LogP contribution in [0.15, 0.2) is 73.7 Å². The highest BCUT2D eigenvalue weighted by molar-refractivity contribution is 6.96. The van der Waals surface area contributed by atoms with E-state index in [1.54, 1.807) is 0 Å². The van der Waals surface area contributed by atoms with Crippen molar-refractivity contribution in [3.8, 4) is 0 Å². The third kappa shape index (κ3) is 4.71. The first-order valence-electron chi connectivity index (χ1n) is 9.62. The first-order chi connectivity index (χ1) is 12.4.